The molecule has 130 valence electrons. The first-order valence-corrected chi connectivity index (χ1v) is 8.71. The van der Waals surface area contributed by atoms with E-state index in [4.69, 9.17) is 22.7 Å². The van der Waals surface area contributed by atoms with Crippen LogP contribution in [0.1, 0.15) is 12.8 Å². The van der Waals surface area contributed by atoms with E-state index in [1.54, 1.807) is 0 Å². The van der Waals surface area contributed by atoms with E-state index in [-0.39, 0.29) is 11.8 Å². The molecule has 25 heavy (non-hydrogen) atoms. The van der Waals surface area contributed by atoms with Gasteiger partial charge in [0.25, 0.3) is 0 Å². The minimum absolute atomic E-state index is 0.0338. The van der Waals surface area contributed by atoms with Gasteiger partial charge in [-0.2, -0.15) is 0 Å². The third-order valence-electron chi connectivity index (χ3n) is 4.27. The zero-order valence-corrected chi connectivity index (χ0v) is 14.7. The molecule has 0 saturated carbocycles. The fourth-order valence-corrected chi connectivity index (χ4v) is 3.10. The number of anilines is 1. The second kappa shape index (κ2) is 7.98. The summed E-state index contributed by atoms with van der Waals surface area (Å²) in [6.45, 7) is 1.49. The van der Waals surface area contributed by atoms with Crippen molar-refractivity contribution in [3.05, 3.63) is 54.6 Å². The Hall–Kier alpha value is -2.60. The number of para-hydroxylation sites is 1. The molecular weight excluding hydrogens is 334 g/mol. The largest absolute Gasteiger partial charge is 0.457 e. The zero-order valence-electron chi connectivity index (χ0n) is 13.9. The van der Waals surface area contributed by atoms with Crippen LogP contribution in [0.25, 0.3) is 0 Å². The van der Waals surface area contributed by atoms with Crippen molar-refractivity contribution < 1.29 is 9.53 Å². The van der Waals surface area contributed by atoms with Crippen LogP contribution >= 0.6 is 12.2 Å². The third kappa shape index (κ3) is 4.70. The molecule has 2 aromatic rings. The highest BCUT2D eigenvalue weighted by Gasteiger charge is 2.24. The molecule has 3 rings (SSSR count). The summed E-state index contributed by atoms with van der Waals surface area (Å²) in [6, 6.07) is 17.3. The van der Waals surface area contributed by atoms with Crippen molar-refractivity contribution in [2.75, 3.05) is 18.4 Å². The molecule has 1 fully saturated rings. The topological polar surface area (TPSA) is 67.6 Å². The van der Waals surface area contributed by atoms with Gasteiger partial charge in [-0.05, 0) is 61.5 Å². The monoisotopic (exact) mass is 355 g/mol. The second-order valence-corrected chi connectivity index (χ2v) is 6.42. The van der Waals surface area contributed by atoms with Crippen molar-refractivity contribution in [2.45, 2.75) is 12.8 Å². The quantitative estimate of drug-likeness (QED) is 0.823. The maximum absolute atomic E-state index is 11.2. The SMILES string of the molecule is NC(=O)C1CCN(C(=S)Nc2ccc(Oc3ccccc3)cc2)CC1. The molecule has 0 aliphatic carbocycles. The Morgan fingerprint density at radius 1 is 1.04 bits per heavy atom. The van der Waals surface area contributed by atoms with Crippen LogP contribution in [0.3, 0.4) is 0 Å². The molecule has 0 atom stereocenters. The normalized spacial score (nSPS) is 14.8. The number of primary amides is 1. The number of likely N-dealkylation sites (tertiary alicyclic amines) is 1. The molecule has 0 unspecified atom stereocenters. The Balaban J connectivity index is 1.53. The maximum atomic E-state index is 11.2. The molecule has 0 spiro atoms. The number of hydrogen-bond acceptors (Lipinski definition) is 3. The second-order valence-electron chi connectivity index (χ2n) is 6.03. The van der Waals surface area contributed by atoms with Crippen LogP contribution in [0.5, 0.6) is 11.5 Å². The van der Waals surface area contributed by atoms with Gasteiger partial charge in [0.1, 0.15) is 11.5 Å². The number of hydrogen-bond donors (Lipinski definition) is 2. The van der Waals surface area contributed by atoms with Crippen LogP contribution < -0.4 is 15.8 Å². The average molecular weight is 355 g/mol. The van der Waals surface area contributed by atoms with E-state index >= 15 is 0 Å². The fraction of sp³-hybridized carbons (Fsp3) is 0.263. The molecule has 6 heteroatoms. The smallest absolute Gasteiger partial charge is 0.220 e. The Bertz CT molecular complexity index is 726. The van der Waals surface area contributed by atoms with Crippen molar-refractivity contribution in [3.8, 4) is 11.5 Å². The van der Waals surface area contributed by atoms with Gasteiger partial charge in [-0.15, -0.1) is 0 Å². The lowest BCUT2D eigenvalue weighted by Gasteiger charge is -2.32. The van der Waals surface area contributed by atoms with E-state index in [1.165, 1.54) is 0 Å². The number of piperidine rings is 1. The minimum Gasteiger partial charge on any atom is -0.457 e. The van der Waals surface area contributed by atoms with Crippen LogP contribution in [-0.4, -0.2) is 29.0 Å². The highest BCUT2D eigenvalue weighted by molar-refractivity contribution is 7.80. The number of ether oxygens (including phenoxy) is 1. The lowest BCUT2D eigenvalue weighted by atomic mass is 9.97. The highest BCUT2D eigenvalue weighted by Crippen LogP contribution is 2.23. The van der Waals surface area contributed by atoms with E-state index in [0.717, 1.165) is 43.1 Å². The van der Waals surface area contributed by atoms with Crippen LogP contribution in [0.2, 0.25) is 0 Å². The summed E-state index contributed by atoms with van der Waals surface area (Å²) >= 11 is 5.47. The van der Waals surface area contributed by atoms with Crippen molar-refractivity contribution in [1.82, 2.24) is 4.90 Å². The Kier molecular flexibility index (Phi) is 5.50. The molecule has 1 saturated heterocycles. The Labute approximate surface area is 152 Å². The molecule has 1 aliphatic heterocycles. The number of nitrogens with one attached hydrogen (secondary N) is 1. The number of nitrogens with two attached hydrogens (primary N) is 1. The van der Waals surface area contributed by atoms with Gasteiger partial charge in [-0.1, -0.05) is 18.2 Å². The number of benzene rings is 2. The molecule has 1 heterocycles. The van der Waals surface area contributed by atoms with Gasteiger partial charge in [0.05, 0.1) is 0 Å². The summed E-state index contributed by atoms with van der Waals surface area (Å²) in [5, 5.41) is 3.90. The van der Waals surface area contributed by atoms with E-state index in [9.17, 15) is 4.79 Å². The molecule has 1 amide bonds. The molecular formula is C19H21N3O2S. The summed E-state index contributed by atoms with van der Waals surface area (Å²) < 4.78 is 5.77. The predicted octanol–water partition coefficient (Wildman–Crippen LogP) is 3.37. The van der Waals surface area contributed by atoms with Gasteiger partial charge in [0.2, 0.25) is 5.91 Å². The molecule has 3 N–H and O–H groups in total. The number of carbonyl (C=O) groups excluding carboxylic acids is 1. The number of carbonyl (C=O) groups is 1. The number of thiocarbonyl (C=S) groups is 1. The highest BCUT2D eigenvalue weighted by atomic mass is 32.1. The van der Waals surface area contributed by atoms with Crippen LogP contribution in [0, 0.1) is 5.92 Å². The van der Waals surface area contributed by atoms with E-state index in [2.05, 4.69) is 10.2 Å². The lowest BCUT2D eigenvalue weighted by Crippen LogP contribution is -2.43. The van der Waals surface area contributed by atoms with Crippen molar-refractivity contribution in [1.29, 1.82) is 0 Å². The maximum Gasteiger partial charge on any atom is 0.220 e. The number of nitrogens with zero attached hydrogens (tertiary/aromatic N) is 1. The Morgan fingerprint density at radius 3 is 2.24 bits per heavy atom. The molecule has 2 aromatic carbocycles. The number of amides is 1. The Morgan fingerprint density at radius 2 is 1.64 bits per heavy atom. The summed E-state index contributed by atoms with van der Waals surface area (Å²) in [4.78, 5) is 13.3. The standard InChI is InChI=1S/C19H21N3O2S/c20-18(23)14-10-12-22(13-11-14)19(25)21-15-6-8-17(9-7-15)24-16-4-2-1-3-5-16/h1-9,14H,10-13H2,(H2,20,23)(H,21,25). The summed E-state index contributed by atoms with van der Waals surface area (Å²) in [7, 11) is 0. The molecule has 0 aromatic heterocycles. The van der Waals surface area contributed by atoms with Crippen molar-refractivity contribution in [3.63, 3.8) is 0 Å². The number of rotatable bonds is 4. The fourth-order valence-electron chi connectivity index (χ4n) is 2.80. The lowest BCUT2D eigenvalue weighted by molar-refractivity contribution is -0.122. The molecule has 0 bridgehead atoms. The first-order valence-electron chi connectivity index (χ1n) is 8.30. The van der Waals surface area contributed by atoms with E-state index < -0.39 is 0 Å². The van der Waals surface area contributed by atoms with Crippen molar-refractivity contribution >= 4 is 28.9 Å². The molecule has 1 aliphatic rings. The van der Waals surface area contributed by atoms with Gasteiger partial charge in [0.15, 0.2) is 5.11 Å². The summed E-state index contributed by atoms with van der Waals surface area (Å²) in [6.07, 6.45) is 1.50. The predicted molar refractivity (Wildman–Crippen MR) is 103 cm³/mol. The van der Waals surface area contributed by atoms with Gasteiger partial charge >= 0.3 is 0 Å². The van der Waals surface area contributed by atoms with E-state index in [1.807, 2.05) is 54.6 Å². The van der Waals surface area contributed by atoms with Gasteiger partial charge in [-0.3, -0.25) is 4.79 Å². The summed E-state index contributed by atoms with van der Waals surface area (Å²) in [5.41, 5.74) is 6.27. The van der Waals surface area contributed by atoms with Crippen LogP contribution in [0.15, 0.2) is 54.6 Å². The summed E-state index contributed by atoms with van der Waals surface area (Å²) in [5.74, 6) is 1.32. The van der Waals surface area contributed by atoms with Gasteiger partial charge in [0, 0.05) is 24.7 Å². The minimum atomic E-state index is -0.215. The average Bonchev–Trinajstić information content (AvgIpc) is 2.64. The van der Waals surface area contributed by atoms with Gasteiger partial charge in [-0.25, -0.2) is 0 Å². The molecule has 5 nitrogen and oxygen atoms in total. The van der Waals surface area contributed by atoms with Crippen LogP contribution in [-0.2, 0) is 4.79 Å². The van der Waals surface area contributed by atoms with Crippen molar-refractivity contribution in [2.24, 2.45) is 11.7 Å². The van der Waals surface area contributed by atoms with E-state index in [0.29, 0.717) is 5.11 Å². The first kappa shape index (κ1) is 17.2. The van der Waals surface area contributed by atoms with Crippen LogP contribution in [0.4, 0.5) is 5.69 Å². The third-order valence-corrected chi connectivity index (χ3v) is 4.63. The first-order chi connectivity index (χ1) is 12.1. The van der Waals surface area contributed by atoms with Gasteiger partial charge < -0.3 is 20.7 Å². The molecule has 0 radical (unpaired) electrons. The zero-order chi connectivity index (χ0) is 17.6.